The predicted molar refractivity (Wildman–Crippen MR) is 159 cm³/mol. The minimum atomic E-state index is 0.786. The molecule has 6 N–H and O–H groups in total. The number of likely N-dealkylation sites (N-methyl/N-ethyl adjacent to an activating group) is 1. The van der Waals surface area contributed by atoms with Gasteiger partial charge in [0.1, 0.15) is 0 Å². The van der Waals surface area contributed by atoms with Gasteiger partial charge in [0.05, 0.1) is 22.7 Å². The van der Waals surface area contributed by atoms with Crippen molar-refractivity contribution in [3.63, 3.8) is 0 Å². The Morgan fingerprint density at radius 2 is 1.11 bits per heavy atom. The van der Waals surface area contributed by atoms with E-state index < -0.39 is 0 Å². The summed E-state index contributed by atoms with van der Waals surface area (Å²) in [5, 5.41) is 6.76. The number of para-hydroxylation sites is 2. The Bertz CT molecular complexity index is 1220. The molecule has 1 aliphatic heterocycles. The van der Waals surface area contributed by atoms with Crippen molar-refractivity contribution in [1.82, 2.24) is 4.90 Å². The summed E-state index contributed by atoms with van der Waals surface area (Å²) in [7, 11) is 2.17. The molecular weight excluding hydrogens is 456 g/mol. The second-order valence-electron chi connectivity index (χ2n) is 9.33. The number of rotatable bonds is 7. The Morgan fingerprint density at radius 1 is 0.595 bits per heavy atom. The van der Waals surface area contributed by atoms with Gasteiger partial charge in [-0.1, -0.05) is 72.8 Å². The number of hydrogen-bond donors (Lipinski definition) is 4. The molecule has 0 spiro atoms. The average Bonchev–Trinajstić information content (AvgIpc) is 2.94. The minimum Gasteiger partial charge on any atom is -0.397 e. The maximum absolute atomic E-state index is 6.12. The van der Waals surface area contributed by atoms with Gasteiger partial charge in [-0.15, -0.1) is 0 Å². The summed E-state index contributed by atoms with van der Waals surface area (Å²) < 4.78 is 0. The standard InChI is InChI=1S/C18H24N4.C13H14N2/c1-21-9-11-22(12-10-21)16-7-8-17(19)18(13-16)20-14-15-5-3-2-4-6-15;14-12-8-4-5-9-13(12)15-10-11-6-2-1-3-7-11/h2-8,13,20H,9-12,14,19H2,1H3;1-9,15H,10,14H2. The van der Waals surface area contributed by atoms with E-state index in [-0.39, 0.29) is 0 Å². The molecule has 1 aliphatic rings. The zero-order chi connectivity index (χ0) is 25.9. The number of piperazine rings is 1. The largest absolute Gasteiger partial charge is 0.397 e. The third kappa shape index (κ3) is 7.92. The lowest BCUT2D eigenvalue weighted by Crippen LogP contribution is -2.44. The quantitative estimate of drug-likeness (QED) is 0.254. The summed E-state index contributed by atoms with van der Waals surface area (Å²) in [6.07, 6.45) is 0. The van der Waals surface area contributed by atoms with Crippen LogP contribution in [0, 0.1) is 0 Å². The fourth-order valence-electron chi connectivity index (χ4n) is 4.20. The zero-order valence-corrected chi connectivity index (χ0v) is 21.6. The van der Waals surface area contributed by atoms with E-state index in [1.165, 1.54) is 16.8 Å². The molecule has 1 fully saturated rings. The van der Waals surface area contributed by atoms with Crippen LogP contribution in [0.3, 0.4) is 0 Å². The van der Waals surface area contributed by atoms with Crippen LogP contribution < -0.4 is 27.0 Å². The van der Waals surface area contributed by atoms with Crippen molar-refractivity contribution in [2.45, 2.75) is 13.1 Å². The van der Waals surface area contributed by atoms with Gasteiger partial charge in [0.25, 0.3) is 0 Å². The van der Waals surface area contributed by atoms with E-state index in [2.05, 4.69) is 76.0 Å². The van der Waals surface area contributed by atoms with Gasteiger partial charge >= 0.3 is 0 Å². The smallest absolute Gasteiger partial charge is 0.0597 e. The minimum absolute atomic E-state index is 0.786. The Kier molecular flexibility index (Phi) is 9.27. The van der Waals surface area contributed by atoms with Crippen LogP contribution in [0.1, 0.15) is 11.1 Å². The first-order valence-corrected chi connectivity index (χ1v) is 12.8. The summed E-state index contributed by atoms with van der Waals surface area (Å²) >= 11 is 0. The molecule has 37 heavy (non-hydrogen) atoms. The SMILES string of the molecule is CN1CCN(c2ccc(N)c(NCc3ccccc3)c2)CC1.Nc1ccccc1NCc1ccccc1. The van der Waals surface area contributed by atoms with Gasteiger partial charge in [0, 0.05) is 45.0 Å². The van der Waals surface area contributed by atoms with Crippen molar-refractivity contribution in [1.29, 1.82) is 0 Å². The average molecular weight is 495 g/mol. The molecule has 0 aliphatic carbocycles. The predicted octanol–water partition coefficient (Wildman–Crippen LogP) is 5.51. The van der Waals surface area contributed by atoms with Gasteiger partial charge in [0.2, 0.25) is 0 Å². The van der Waals surface area contributed by atoms with Gasteiger partial charge in [-0.3, -0.25) is 0 Å². The first-order chi connectivity index (χ1) is 18.1. The monoisotopic (exact) mass is 494 g/mol. The van der Waals surface area contributed by atoms with Crippen molar-refractivity contribution >= 4 is 28.4 Å². The van der Waals surface area contributed by atoms with Crippen molar-refractivity contribution in [2.75, 3.05) is 60.2 Å². The van der Waals surface area contributed by atoms with Crippen LogP contribution >= 0.6 is 0 Å². The lowest BCUT2D eigenvalue weighted by Gasteiger charge is -2.34. The fraction of sp³-hybridized carbons (Fsp3) is 0.226. The summed E-state index contributed by atoms with van der Waals surface area (Å²) in [4.78, 5) is 4.79. The highest BCUT2D eigenvalue weighted by atomic mass is 15.2. The van der Waals surface area contributed by atoms with Gasteiger partial charge < -0.3 is 31.9 Å². The molecule has 0 unspecified atom stereocenters. The Labute approximate surface area is 220 Å². The van der Waals surface area contributed by atoms with E-state index in [4.69, 9.17) is 11.5 Å². The van der Waals surface area contributed by atoms with Crippen molar-refractivity contribution in [3.8, 4) is 0 Å². The number of benzene rings is 4. The Morgan fingerprint density at radius 3 is 1.70 bits per heavy atom. The zero-order valence-electron chi connectivity index (χ0n) is 21.6. The van der Waals surface area contributed by atoms with E-state index in [9.17, 15) is 0 Å². The Hall–Kier alpha value is -4.16. The molecule has 0 bridgehead atoms. The highest BCUT2D eigenvalue weighted by Crippen LogP contribution is 2.27. The first kappa shape index (κ1) is 25.9. The molecule has 5 rings (SSSR count). The molecule has 0 atom stereocenters. The molecule has 0 aromatic heterocycles. The number of nitrogens with one attached hydrogen (secondary N) is 2. The van der Waals surface area contributed by atoms with E-state index in [0.29, 0.717) is 0 Å². The van der Waals surface area contributed by atoms with Gasteiger partial charge in [0.15, 0.2) is 0 Å². The molecule has 0 radical (unpaired) electrons. The van der Waals surface area contributed by atoms with Crippen LogP contribution in [0.15, 0.2) is 103 Å². The fourth-order valence-corrected chi connectivity index (χ4v) is 4.20. The summed E-state index contributed by atoms with van der Waals surface area (Å²) in [6.45, 7) is 5.94. The van der Waals surface area contributed by atoms with Crippen LogP contribution in [0.25, 0.3) is 0 Å². The highest BCUT2D eigenvalue weighted by molar-refractivity contribution is 5.72. The maximum Gasteiger partial charge on any atom is 0.0597 e. The number of nitrogens with two attached hydrogens (primary N) is 2. The molecule has 4 aromatic carbocycles. The van der Waals surface area contributed by atoms with E-state index >= 15 is 0 Å². The number of anilines is 5. The second kappa shape index (κ2) is 13.2. The molecule has 1 saturated heterocycles. The Balaban J connectivity index is 0.000000186. The molecule has 4 aromatic rings. The van der Waals surface area contributed by atoms with Crippen molar-refractivity contribution in [3.05, 3.63) is 114 Å². The molecule has 0 saturated carbocycles. The van der Waals surface area contributed by atoms with Crippen LogP contribution in [0.2, 0.25) is 0 Å². The number of hydrogen-bond acceptors (Lipinski definition) is 6. The third-order valence-corrected chi connectivity index (χ3v) is 6.52. The molecule has 6 heteroatoms. The molecular formula is C31H38N6. The van der Waals surface area contributed by atoms with E-state index in [1.807, 2.05) is 54.6 Å². The summed E-state index contributed by atoms with van der Waals surface area (Å²) in [6, 6.07) is 34.7. The molecule has 0 amide bonds. The topological polar surface area (TPSA) is 82.6 Å². The maximum atomic E-state index is 6.12. The normalized spacial score (nSPS) is 13.4. The van der Waals surface area contributed by atoms with Crippen LogP contribution in [-0.4, -0.2) is 38.1 Å². The van der Waals surface area contributed by atoms with Crippen LogP contribution in [0.5, 0.6) is 0 Å². The van der Waals surface area contributed by atoms with Crippen molar-refractivity contribution < 1.29 is 0 Å². The van der Waals surface area contributed by atoms with Crippen LogP contribution in [0.4, 0.5) is 28.4 Å². The lowest BCUT2D eigenvalue weighted by atomic mass is 10.2. The van der Waals surface area contributed by atoms with Gasteiger partial charge in [-0.2, -0.15) is 0 Å². The van der Waals surface area contributed by atoms with Gasteiger partial charge in [-0.25, -0.2) is 0 Å². The highest BCUT2D eigenvalue weighted by Gasteiger charge is 2.15. The van der Waals surface area contributed by atoms with Gasteiger partial charge in [-0.05, 0) is 48.5 Å². The lowest BCUT2D eigenvalue weighted by molar-refractivity contribution is 0.313. The van der Waals surface area contributed by atoms with E-state index in [0.717, 1.165) is 62.0 Å². The van der Waals surface area contributed by atoms with E-state index in [1.54, 1.807) is 0 Å². The molecule has 192 valence electrons. The molecule has 6 nitrogen and oxygen atoms in total. The number of nitrogens with zero attached hydrogens (tertiary/aromatic N) is 2. The first-order valence-electron chi connectivity index (χ1n) is 12.8. The second-order valence-corrected chi connectivity index (χ2v) is 9.33. The third-order valence-electron chi connectivity index (χ3n) is 6.52. The summed E-state index contributed by atoms with van der Waals surface area (Å²) in [5.41, 5.74) is 19.3. The number of nitrogen functional groups attached to an aromatic ring is 2. The van der Waals surface area contributed by atoms with Crippen molar-refractivity contribution in [2.24, 2.45) is 0 Å². The van der Waals surface area contributed by atoms with Crippen LogP contribution in [-0.2, 0) is 13.1 Å². The summed E-state index contributed by atoms with van der Waals surface area (Å²) in [5.74, 6) is 0. The molecule has 1 heterocycles.